The molecule has 1 saturated heterocycles. The minimum absolute atomic E-state index is 0.190. The third-order valence-electron chi connectivity index (χ3n) is 2.56. The first-order chi connectivity index (χ1) is 6.88. The minimum Gasteiger partial charge on any atom is -0.388 e. The summed E-state index contributed by atoms with van der Waals surface area (Å²) in [5.41, 5.74) is 0.781. The molecule has 14 heavy (non-hydrogen) atoms. The van der Waals surface area contributed by atoms with E-state index < -0.39 is 6.10 Å². The lowest BCUT2D eigenvalue weighted by Crippen LogP contribution is -2.23. The van der Waals surface area contributed by atoms with Crippen LogP contribution in [-0.2, 0) is 4.74 Å². The Hall–Kier alpha value is -1.00. The Balaban J connectivity index is 2.03. The summed E-state index contributed by atoms with van der Waals surface area (Å²) in [6.07, 6.45) is 6.33. The van der Waals surface area contributed by atoms with Crippen LogP contribution in [0.5, 0.6) is 0 Å². The van der Waals surface area contributed by atoms with Crippen molar-refractivity contribution in [2.75, 3.05) is 13.2 Å². The topological polar surface area (TPSA) is 55.2 Å². The summed E-state index contributed by atoms with van der Waals surface area (Å²) in [7, 11) is 0. The molecule has 0 spiro atoms. The molecule has 2 heterocycles. The van der Waals surface area contributed by atoms with Gasteiger partial charge in [0.2, 0.25) is 0 Å². The van der Waals surface area contributed by atoms with Crippen LogP contribution in [0.15, 0.2) is 18.7 Å². The molecule has 0 radical (unpaired) electrons. The summed E-state index contributed by atoms with van der Waals surface area (Å²) < 4.78 is 5.32. The largest absolute Gasteiger partial charge is 0.388 e. The Labute approximate surface area is 83.0 Å². The van der Waals surface area contributed by atoms with E-state index in [4.69, 9.17) is 4.74 Å². The van der Waals surface area contributed by atoms with E-state index in [0.717, 1.165) is 25.0 Å². The number of hydrogen-bond acceptors (Lipinski definition) is 4. The van der Waals surface area contributed by atoms with Gasteiger partial charge in [0.05, 0.1) is 12.7 Å². The smallest absolute Gasteiger partial charge is 0.115 e. The van der Waals surface area contributed by atoms with E-state index in [9.17, 15) is 5.11 Å². The molecule has 0 aliphatic carbocycles. The van der Waals surface area contributed by atoms with Crippen molar-refractivity contribution in [3.05, 3.63) is 24.3 Å². The fourth-order valence-electron chi connectivity index (χ4n) is 1.75. The van der Waals surface area contributed by atoms with Crippen molar-refractivity contribution in [2.24, 2.45) is 5.92 Å². The van der Waals surface area contributed by atoms with Gasteiger partial charge in [-0.1, -0.05) is 0 Å². The molecular weight excluding hydrogens is 180 g/mol. The Morgan fingerprint density at radius 2 is 2.21 bits per heavy atom. The quantitative estimate of drug-likeness (QED) is 0.761. The van der Waals surface area contributed by atoms with E-state index in [-0.39, 0.29) is 5.92 Å². The van der Waals surface area contributed by atoms with Crippen LogP contribution in [0.4, 0.5) is 0 Å². The first-order valence-electron chi connectivity index (χ1n) is 4.88. The van der Waals surface area contributed by atoms with Gasteiger partial charge < -0.3 is 9.84 Å². The maximum Gasteiger partial charge on any atom is 0.115 e. The highest BCUT2D eigenvalue weighted by Gasteiger charge is 2.23. The van der Waals surface area contributed by atoms with Gasteiger partial charge in [-0.15, -0.1) is 0 Å². The molecular formula is C10H14N2O2. The van der Waals surface area contributed by atoms with E-state index in [1.807, 2.05) is 0 Å². The standard InChI is InChI=1S/C10H14N2O2/c13-10(8-2-1-3-14-6-8)9-4-11-7-12-5-9/h4-5,7-8,10,13H,1-3,6H2. The molecule has 4 nitrogen and oxygen atoms in total. The Bertz CT molecular complexity index is 273. The molecule has 2 rings (SSSR count). The van der Waals surface area contributed by atoms with Gasteiger partial charge in [-0.3, -0.25) is 0 Å². The maximum atomic E-state index is 9.99. The highest BCUT2D eigenvalue weighted by Crippen LogP contribution is 2.27. The van der Waals surface area contributed by atoms with Crippen LogP contribution in [-0.4, -0.2) is 28.3 Å². The Morgan fingerprint density at radius 3 is 2.86 bits per heavy atom. The van der Waals surface area contributed by atoms with Crippen LogP contribution >= 0.6 is 0 Å². The summed E-state index contributed by atoms with van der Waals surface area (Å²) >= 11 is 0. The summed E-state index contributed by atoms with van der Waals surface area (Å²) in [6, 6.07) is 0. The number of aliphatic hydroxyl groups excluding tert-OH is 1. The molecule has 4 heteroatoms. The van der Waals surface area contributed by atoms with Crippen LogP contribution < -0.4 is 0 Å². The average molecular weight is 194 g/mol. The van der Waals surface area contributed by atoms with Gasteiger partial charge in [-0.2, -0.15) is 0 Å². The maximum absolute atomic E-state index is 9.99. The second-order valence-electron chi connectivity index (χ2n) is 3.59. The van der Waals surface area contributed by atoms with Gasteiger partial charge >= 0.3 is 0 Å². The number of aliphatic hydroxyl groups is 1. The van der Waals surface area contributed by atoms with Gasteiger partial charge in [0.15, 0.2) is 0 Å². The van der Waals surface area contributed by atoms with Gasteiger partial charge in [-0.05, 0) is 12.8 Å². The Morgan fingerprint density at radius 1 is 1.43 bits per heavy atom. The lowest BCUT2D eigenvalue weighted by molar-refractivity contribution is -0.0102. The second-order valence-corrected chi connectivity index (χ2v) is 3.59. The molecule has 0 saturated carbocycles. The van der Waals surface area contributed by atoms with Crippen LogP contribution in [0, 0.1) is 5.92 Å². The SMILES string of the molecule is OC(c1cncnc1)C1CCCOC1. The van der Waals surface area contributed by atoms with Gasteiger partial charge in [0.25, 0.3) is 0 Å². The van der Waals surface area contributed by atoms with Crippen LogP contribution in [0.2, 0.25) is 0 Å². The van der Waals surface area contributed by atoms with E-state index in [1.54, 1.807) is 12.4 Å². The fourth-order valence-corrected chi connectivity index (χ4v) is 1.75. The van der Waals surface area contributed by atoms with Gasteiger partial charge in [-0.25, -0.2) is 9.97 Å². The number of ether oxygens (including phenoxy) is 1. The lowest BCUT2D eigenvalue weighted by atomic mass is 9.92. The summed E-state index contributed by atoms with van der Waals surface area (Å²) in [5.74, 6) is 0.190. The lowest BCUT2D eigenvalue weighted by Gasteiger charge is -2.26. The monoisotopic (exact) mass is 194 g/mol. The summed E-state index contributed by atoms with van der Waals surface area (Å²) in [6.45, 7) is 1.45. The number of nitrogens with zero attached hydrogens (tertiary/aromatic N) is 2. The second kappa shape index (κ2) is 4.48. The zero-order valence-electron chi connectivity index (χ0n) is 7.97. The summed E-state index contributed by atoms with van der Waals surface area (Å²) in [4.78, 5) is 7.78. The zero-order chi connectivity index (χ0) is 9.80. The van der Waals surface area contributed by atoms with Gasteiger partial charge in [0.1, 0.15) is 6.33 Å². The molecule has 0 aromatic carbocycles. The van der Waals surface area contributed by atoms with Crippen LogP contribution in [0.25, 0.3) is 0 Å². The highest BCUT2D eigenvalue weighted by atomic mass is 16.5. The van der Waals surface area contributed by atoms with Crippen molar-refractivity contribution in [3.63, 3.8) is 0 Å². The molecule has 76 valence electrons. The van der Waals surface area contributed by atoms with E-state index in [2.05, 4.69) is 9.97 Å². The molecule has 0 amide bonds. The molecule has 1 fully saturated rings. The van der Waals surface area contributed by atoms with Crippen molar-refractivity contribution < 1.29 is 9.84 Å². The molecule has 1 N–H and O–H groups in total. The summed E-state index contributed by atoms with van der Waals surface area (Å²) in [5, 5.41) is 9.99. The Kier molecular flexibility index (Phi) is 3.06. The predicted molar refractivity (Wildman–Crippen MR) is 50.5 cm³/mol. The average Bonchev–Trinajstić information content (AvgIpc) is 2.30. The van der Waals surface area contributed by atoms with Crippen molar-refractivity contribution in [2.45, 2.75) is 18.9 Å². The highest BCUT2D eigenvalue weighted by molar-refractivity contribution is 5.08. The molecule has 2 unspecified atom stereocenters. The van der Waals surface area contributed by atoms with Gasteiger partial charge in [0, 0.05) is 30.5 Å². The molecule has 0 bridgehead atoms. The minimum atomic E-state index is -0.489. The number of rotatable bonds is 2. The third kappa shape index (κ3) is 2.08. The third-order valence-corrected chi connectivity index (χ3v) is 2.56. The molecule has 1 aromatic heterocycles. The van der Waals surface area contributed by atoms with Crippen LogP contribution in [0.1, 0.15) is 24.5 Å². The van der Waals surface area contributed by atoms with Crippen molar-refractivity contribution >= 4 is 0 Å². The molecule has 1 aliphatic rings. The van der Waals surface area contributed by atoms with Crippen molar-refractivity contribution in [3.8, 4) is 0 Å². The molecule has 2 atom stereocenters. The van der Waals surface area contributed by atoms with Crippen molar-refractivity contribution in [1.29, 1.82) is 0 Å². The predicted octanol–water partition coefficient (Wildman–Crippen LogP) is 0.937. The molecule has 1 aliphatic heterocycles. The first kappa shape index (κ1) is 9.55. The number of aromatic nitrogens is 2. The van der Waals surface area contributed by atoms with Crippen LogP contribution in [0.3, 0.4) is 0 Å². The number of hydrogen-bond donors (Lipinski definition) is 1. The van der Waals surface area contributed by atoms with E-state index in [1.165, 1.54) is 6.33 Å². The van der Waals surface area contributed by atoms with E-state index in [0.29, 0.717) is 6.61 Å². The van der Waals surface area contributed by atoms with E-state index >= 15 is 0 Å². The molecule has 1 aromatic rings. The first-order valence-corrected chi connectivity index (χ1v) is 4.88. The van der Waals surface area contributed by atoms with Crippen molar-refractivity contribution in [1.82, 2.24) is 9.97 Å². The normalized spacial score (nSPS) is 24.5. The fraction of sp³-hybridized carbons (Fsp3) is 0.600. The zero-order valence-corrected chi connectivity index (χ0v) is 7.97.